The average molecular weight is 262 g/mol. The van der Waals surface area contributed by atoms with Gasteiger partial charge in [-0.2, -0.15) is 0 Å². The van der Waals surface area contributed by atoms with Crippen LogP contribution in [0.15, 0.2) is 30.3 Å². The van der Waals surface area contributed by atoms with Crippen LogP contribution >= 0.6 is 11.3 Å². The first-order valence-electron chi connectivity index (χ1n) is 6.11. The van der Waals surface area contributed by atoms with Crippen molar-refractivity contribution in [2.45, 2.75) is 25.3 Å². The van der Waals surface area contributed by atoms with Crippen LogP contribution in [0.25, 0.3) is 0 Å². The second-order valence-corrected chi connectivity index (χ2v) is 5.77. The zero-order valence-electron chi connectivity index (χ0n) is 9.95. The van der Waals surface area contributed by atoms with Crippen molar-refractivity contribution in [3.05, 3.63) is 57.0 Å². The van der Waals surface area contributed by atoms with Crippen LogP contribution in [0.5, 0.6) is 0 Å². The van der Waals surface area contributed by atoms with Crippen molar-refractivity contribution in [2.75, 3.05) is 0 Å². The van der Waals surface area contributed by atoms with E-state index >= 15 is 0 Å². The van der Waals surface area contributed by atoms with Gasteiger partial charge in [0.15, 0.2) is 0 Å². The van der Waals surface area contributed by atoms with Crippen LogP contribution in [0.1, 0.15) is 33.3 Å². The summed E-state index contributed by atoms with van der Waals surface area (Å²) in [5.74, 6) is 5.44. The number of nitrogens with one attached hydrogen (secondary N) is 1. The summed E-state index contributed by atoms with van der Waals surface area (Å²) in [6, 6.07) is 8.71. The highest BCUT2D eigenvalue weighted by molar-refractivity contribution is 7.12. The standard InChI is InChI=1S/C14H15FN2S/c15-11-6-4-9(5-7-11)14(17-16)13-8-10-2-1-3-12(10)18-13/h4-8,14,17H,1-3,16H2. The molecule has 94 valence electrons. The number of hydrazine groups is 1. The van der Waals surface area contributed by atoms with Crippen LogP contribution in [-0.2, 0) is 12.8 Å². The summed E-state index contributed by atoms with van der Waals surface area (Å²) in [6.45, 7) is 0. The Balaban J connectivity index is 1.93. The number of thiophene rings is 1. The number of benzene rings is 1. The SMILES string of the molecule is NNC(c1ccc(F)cc1)c1cc2c(s1)CCC2. The maximum Gasteiger partial charge on any atom is 0.123 e. The molecule has 0 radical (unpaired) electrons. The van der Waals surface area contributed by atoms with Gasteiger partial charge in [-0.05, 0) is 48.6 Å². The van der Waals surface area contributed by atoms with Crippen molar-refractivity contribution < 1.29 is 4.39 Å². The molecule has 3 rings (SSSR count). The molecule has 0 saturated carbocycles. The highest BCUT2D eigenvalue weighted by Gasteiger charge is 2.20. The van der Waals surface area contributed by atoms with Crippen LogP contribution < -0.4 is 11.3 Å². The van der Waals surface area contributed by atoms with E-state index < -0.39 is 0 Å². The molecular formula is C14H15FN2S. The number of fused-ring (bicyclic) bond motifs is 1. The lowest BCUT2D eigenvalue weighted by Gasteiger charge is -2.14. The summed E-state index contributed by atoms with van der Waals surface area (Å²) in [7, 11) is 0. The Morgan fingerprint density at radius 3 is 2.67 bits per heavy atom. The first-order chi connectivity index (χ1) is 8.78. The number of aryl methyl sites for hydroxylation is 2. The van der Waals surface area contributed by atoms with Crippen molar-refractivity contribution in [1.82, 2.24) is 5.43 Å². The van der Waals surface area contributed by atoms with Crippen molar-refractivity contribution in [1.29, 1.82) is 0 Å². The molecule has 2 aromatic rings. The number of halogens is 1. The van der Waals surface area contributed by atoms with Gasteiger partial charge in [-0.3, -0.25) is 5.84 Å². The van der Waals surface area contributed by atoms with Gasteiger partial charge < -0.3 is 0 Å². The fraction of sp³-hybridized carbons (Fsp3) is 0.286. The second-order valence-electron chi connectivity index (χ2n) is 4.60. The van der Waals surface area contributed by atoms with Crippen LogP contribution in [0.3, 0.4) is 0 Å². The molecule has 1 aliphatic rings. The molecule has 1 aliphatic carbocycles. The Morgan fingerprint density at radius 1 is 1.22 bits per heavy atom. The van der Waals surface area contributed by atoms with E-state index in [2.05, 4.69) is 11.5 Å². The third-order valence-electron chi connectivity index (χ3n) is 3.42. The van der Waals surface area contributed by atoms with E-state index in [0.29, 0.717) is 0 Å². The first-order valence-corrected chi connectivity index (χ1v) is 6.92. The van der Waals surface area contributed by atoms with Crippen LogP contribution in [0, 0.1) is 5.82 Å². The van der Waals surface area contributed by atoms with E-state index in [4.69, 9.17) is 5.84 Å². The lowest BCUT2D eigenvalue weighted by molar-refractivity contribution is 0.618. The molecule has 2 nitrogen and oxygen atoms in total. The molecule has 3 N–H and O–H groups in total. The van der Waals surface area contributed by atoms with Crippen molar-refractivity contribution in [3.8, 4) is 0 Å². The minimum absolute atomic E-state index is 0.0406. The second kappa shape index (κ2) is 4.80. The van der Waals surface area contributed by atoms with E-state index in [1.165, 1.54) is 46.7 Å². The topological polar surface area (TPSA) is 38.0 Å². The summed E-state index contributed by atoms with van der Waals surface area (Å²) < 4.78 is 12.9. The molecule has 1 heterocycles. The summed E-state index contributed by atoms with van der Waals surface area (Å²) in [6.07, 6.45) is 3.62. The molecule has 0 fully saturated rings. The fourth-order valence-electron chi connectivity index (χ4n) is 2.49. The Labute approximate surface area is 110 Å². The van der Waals surface area contributed by atoms with Crippen LogP contribution in [0.4, 0.5) is 4.39 Å². The maximum absolute atomic E-state index is 12.9. The molecule has 18 heavy (non-hydrogen) atoms. The predicted octanol–water partition coefficient (Wildman–Crippen LogP) is 2.93. The monoisotopic (exact) mass is 262 g/mol. The number of hydrogen-bond donors (Lipinski definition) is 2. The van der Waals surface area contributed by atoms with Gasteiger partial charge >= 0.3 is 0 Å². The van der Waals surface area contributed by atoms with Gasteiger partial charge in [0.05, 0.1) is 6.04 Å². The quantitative estimate of drug-likeness (QED) is 0.659. The first kappa shape index (κ1) is 11.8. The molecule has 1 aromatic carbocycles. The summed E-state index contributed by atoms with van der Waals surface area (Å²) in [5.41, 5.74) is 5.29. The van der Waals surface area contributed by atoms with Gasteiger partial charge in [-0.15, -0.1) is 11.3 Å². The number of hydrogen-bond acceptors (Lipinski definition) is 3. The van der Waals surface area contributed by atoms with Gasteiger partial charge in [0, 0.05) is 9.75 Å². The third-order valence-corrected chi connectivity index (χ3v) is 4.72. The summed E-state index contributed by atoms with van der Waals surface area (Å²) >= 11 is 1.82. The molecule has 0 bridgehead atoms. The molecule has 1 aromatic heterocycles. The third kappa shape index (κ3) is 2.07. The number of nitrogens with two attached hydrogens (primary N) is 1. The summed E-state index contributed by atoms with van der Waals surface area (Å²) in [5, 5.41) is 0. The highest BCUT2D eigenvalue weighted by Crippen LogP contribution is 2.35. The maximum atomic E-state index is 12.9. The largest absolute Gasteiger partial charge is 0.271 e. The van der Waals surface area contributed by atoms with Gasteiger partial charge in [-0.1, -0.05) is 12.1 Å². The highest BCUT2D eigenvalue weighted by atomic mass is 32.1. The van der Waals surface area contributed by atoms with Crippen molar-refractivity contribution in [2.24, 2.45) is 5.84 Å². The molecule has 1 atom stereocenters. The smallest absolute Gasteiger partial charge is 0.123 e. The molecule has 1 unspecified atom stereocenters. The molecular weight excluding hydrogens is 247 g/mol. The van der Waals surface area contributed by atoms with Crippen molar-refractivity contribution in [3.63, 3.8) is 0 Å². The van der Waals surface area contributed by atoms with E-state index in [9.17, 15) is 4.39 Å². The van der Waals surface area contributed by atoms with E-state index in [1.807, 2.05) is 11.3 Å². The Bertz CT molecular complexity index is 526. The Hall–Kier alpha value is -1.23. The Kier molecular flexibility index (Phi) is 3.16. The lowest BCUT2D eigenvalue weighted by Crippen LogP contribution is -2.28. The van der Waals surface area contributed by atoms with Gasteiger partial charge in [-0.25, -0.2) is 9.82 Å². The van der Waals surface area contributed by atoms with E-state index in [-0.39, 0.29) is 11.9 Å². The molecule has 0 saturated heterocycles. The number of rotatable bonds is 3. The van der Waals surface area contributed by atoms with Gasteiger partial charge in [0.25, 0.3) is 0 Å². The predicted molar refractivity (Wildman–Crippen MR) is 71.9 cm³/mol. The fourth-order valence-corrected chi connectivity index (χ4v) is 3.84. The Morgan fingerprint density at radius 2 is 2.00 bits per heavy atom. The zero-order valence-corrected chi connectivity index (χ0v) is 10.8. The van der Waals surface area contributed by atoms with Crippen molar-refractivity contribution >= 4 is 11.3 Å². The van der Waals surface area contributed by atoms with E-state index in [0.717, 1.165) is 5.56 Å². The summed E-state index contributed by atoms with van der Waals surface area (Å²) in [4.78, 5) is 2.70. The van der Waals surface area contributed by atoms with E-state index in [1.54, 1.807) is 12.1 Å². The molecule has 0 amide bonds. The minimum Gasteiger partial charge on any atom is -0.271 e. The lowest BCUT2D eigenvalue weighted by atomic mass is 10.1. The molecule has 0 aliphatic heterocycles. The molecule has 0 spiro atoms. The average Bonchev–Trinajstić information content (AvgIpc) is 2.93. The van der Waals surface area contributed by atoms with Crippen LogP contribution in [-0.4, -0.2) is 0 Å². The van der Waals surface area contributed by atoms with Gasteiger partial charge in [0.2, 0.25) is 0 Å². The van der Waals surface area contributed by atoms with Crippen LogP contribution in [0.2, 0.25) is 0 Å². The van der Waals surface area contributed by atoms with Gasteiger partial charge in [0.1, 0.15) is 5.82 Å². The molecule has 4 heteroatoms. The zero-order chi connectivity index (χ0) is 12.5. The minimum atomic E-state index is -0.219. The normalized spacial score (nSPS) is 15.7.